The van der Waals surface area contributed by atoms with Crippen LogP contribution in [0.15, 0.2) is 36.4 Å². The summed E-state index contributed by atoms with van der Waals surface area (Å²) in [4.78, 5) is 24.7. The van der Waals surface area contributed by atoms with Gasteiger partial charge in [0.05, 0.1) is 34.7 Å². The number of nitrogens with zero attached hydrogens (tertiary/aromatic N) is 1. The fourth-order valence-electron chi connectivity index (χ4n) is 2.91. The van der Waals surface area contributed by atoms with Crippen molar-refractivity contribution in [1.29, 1.82) is 0 Å². The quantitative estimate of drug-likeness (QED) is 0.607. The van der Waals surface area contributed by atoms with E-state index < -0.39 is 0 Å². The van der Waals surface area contributed by atoms with Crippen molar-refractivity contribution >= 4 is 39.0 Å². The van der Waals surface area contributed by atoms with Crippen molar-refractivity contribution < 1.29 is 14.7 Å². The number of amides is 1. The van der Waals surface area contributed by atoms with Crippen molar-refractivity contribution in [3.05, 3.63) is 47.5 Å². The molecule has 1 heterocycles. The number of carbonyl (C=O) groups excluding carboxylic acids is 2. The number of nitrogens with one attached hydrogen (secondary N) is 1. The Balaban J connectivity index is 1.93. The fourth-order valence-corrected chi connectivity index (χ4v) is 3.73. The van der Waals surface area contributed by atoms with E-state index in [1.807, 2.05) is 18.2 Å². The molecule has 5 nitrogen and oxygen atoms in total. The lowest BCUT2D eigenvalue weighted by Crippen LogP contribution is -2.18. The molecule has 2 N–H and O–H groups in total. The molecule has 0 unspecified atom stereocenters. The molecular formula is C17H12N2O3S. The van der Waals surface area contributed by atoms with Crippen LogP contribution in [-0.2, 0) is 4.79 Å². The van der Waals surface area contributed by atoms with E-state index in [1.165, 1.54) is 11.5 Å². The number of aromatic nitrogens is 1. The minimum atomic E-state index is -0.323. The van der Waals surface area contributed by atoms with Crippen molar-refractivity contribution in [1.82, 2.24) is 4.37 Å². The average molecular weight is 324 g/mol. The predicted molar refractivity (Wildman–Crippen MR) is 88.8 cm³/mol. The average Bonchev–Trinajstić information content (AvgIpc) is 2.98. The van der Waals surface area contributed by atoms with Gasteiger partial charge in [0, 0.05) is 16.5 Å². The van der Waals surface area contributed by atoms with Crippen molar-refractivity contribution in [2.45, 2.75) is 6.42 Å². The third-order valence-electron chi connectivity index (χ3n) is 3.90. The summed E-state index contributed by atoms with van der Waals surface area (Å²) in [7, 11) is 0. The molecule has 1 amide bonds. The third-order valence-corrected chi connectivity index (χ3v) is 4.71. The van der Waals surface area contributed by atoms with E-state index in [4.69, 9.17) is 5.11 Å². The summed E-state index contributed by atoms with van der Waals surface area (Å²) in [5.74, 6) is -0.436. The van der Waals surface area contributed by atoms with Crippen LogP contribution in [0.3, 0.4) is 0 Å². The number of fused-ring (bicyclic) bond motifs is 2. The molecule has 0 fully saturated rings. The first-order valence-corrected chi connectivity index (χ1v) is 7.95. The first-order chi connectivity index (χ1) is 11.2. The van der Waals surface area contributed by atoms with Crippen LogP contribution in [-0.4, -0.2) is 27.8 Å². The van der Waals surface area contributed by atoms with E-state index in [0.29, 0.717) is 16.8 Å². The van der Waals surface area contributed by atoms with Crippen LogP contribution in [0.25, 0.3) is 21.3 Å². The van der Waals surface area contributed by atoms with Gasteiger partial charge in [0.25, 0.3) is 0 Å². The van der Waals surface area contributed by atoms with Gasteiger partial charge in [0.15, 0.2) is 5.78 Å². The van der Waals surface area contributed by atoms with E-state index >= 15 is 0 Å². The Morgan fingerprint density at radius 3 is 2.78 bits per heavy atom. The van der Waals surface area contributed by atoms with Gasteiger partial charge in [-0.2, -0.15) is 4.37 Å². The minimum absolute atomic E-state index is 0.00457. The highest BCUT2D eigenvalue weighted by Crippen LogP contribution is 2.42. The number of aliphatic hydroxyl groups excluding tert-OH is 1. The maximum absolute atomic E-state index is 12.9. The van der Waals surface area contributed by atoms with Gasteiger partial charge in [-0.3, -0.25) is 9.59 Å². The molecular weight excluding hydrogens is 312 g/mol. The molecule has 23 heavy (non-hydrogen) atoms. The maximum atomic E-state index is 12.9. The highest BCUT2D eigenvalue weighted by molar-refractivity contribution is 7.13. The summed E-state index contributed by atoms with van der Waals surface area (Å²) in [5, 5.41) is 12.5. The zero-order chi connectivity index (χ0) is 16.0. The number of carbonyl (C=O) groups is 2. The van der Waals surface area contributed by atoms with Gasteiger partial charge in [0.1, 0.15) is 0 Å². The number of benzene rings is 2. The van der Waals surface area contributed by atoms with Crippen LogP contribution in [0.5, 0.6) is 0 Å². The third kappa shape index (κ3) is 2.07. The Bertz CT molecular complexity index is 962. The second kappa shape index (κ2) is 5.26. The minimum Gasteiger partial charge on any atom is -0.396 e. The van der Waals surface area contributed by atoms with Gasteiger partial charge >= 0.3 is 0 Å². The number of hydrogen-bond donors (Lipinski definition) is 2. The normalized spacial score (nSPS) is 12.3. The number of ketones is 1. The number of hydrogen-bond acceptors (Lipinski definition) is 5. The van der Waals surface area contributed by atoms with Crippen LogP contribution in [0.4, 0.5) is 5.69 Å². The maximum Gasteiger partial charge on any atom is 0.226 e. The number of aliphatic hydroxyl groups is 1. The lowest BCUT2D eigenvalue weighted by atomic mass is 9.86. The fraction of sp³-hybridized carbons (Fsp3) is 0.118. The zero-order valence-corrected chi connectivity index (χ0v) is 12.8. The van der Waals surface area contributed by atoms with Crippen LogP contribution in [0, 0.1) is 0 Å². The van der Waals surface area contributed by atoms with Crippen molar-refractivity contribution in [2.24, 2.45) is 0 Å². The lowest BCUT2D eigenvalue weighted by molar-refractivity contribution is -0.116. The van der Waals surface area contributed by atoms with Crippen LogP contribution in [0.2, 0.25) is 0 Å². The molecule has 0 saturated heterocycles. The van der Waals surface area contributed by atoms with E-state index in [0.717, 1.165) is 21.3 Å². The van der Waals surface area contributed by atoms with Crippen LogP contribution >= 0.6 is 11.5 Å². The monoisotopic (exact) mass is 324 g/mol. The Morgan fingerprint density at radius 2 is 1.96 bits per heavy atom. The smallest absolute Gasteiger partial charge is 0.226 e. The Kier molecular flexibility index (Phi) is 3.21. The largest absolute Gasteiger partial charge is 0.396 e. The molecule has 1 aliphatic carbocycles. The second-order valence-corrected chi connectivity index (χ2v) is 6.09. The molecule has 4 rings (SSSR count). The SMILES string of the molecule is O=C(CCO)Nc1cccc2c1C(=O)c1cccc3snc-2c13. The summed E-state index contributed by atoms with van der Waals surface area (Å²) >= 11 is 1.36. The summed E-state index contributed by atoms with van der Waals surface area (Å²) in [6, 6.07) is 10.9. The van der Waals surface area contributed by atoms with Crippen molar-refractivity contribution in [2.75, 3.05) is 11.9 Å². The summed E-state index contributed by atoms with van der Waals surface area (Å²) in [5.41, 5.74) is 3.06. The topological polar surface area (TPSA) is 79.3 Å². The molecule has 0 aliphatic heterocycles. The molecule has 3 aromatic rings. The zero-order valence-electron chi connectivity index (χ0n) is 12.0. The van der Waals surface area contributed by atoms with E-state index in [9.17, 15) is 9.59 Å². The summed E-state index contributed by atoms with van der Waals surface area (Å²) < 4.78 is 5.47. The van der Waals surface area contributed by atoms with Crippen LogP contribution in [0.1, 0.15) is 22.3 Å². The van der Waals surface area contributed by atoms with Crippen LogP contribution < -0.4 is 5.32 Å². The molecule has 2 aromatic carbocycles. The van der Waals surface area contributed by atoms with Gasteiger partial charge < -0.3 is 10.4 Å². The van der Waals surface area contributed by atoms with Crippen molar-refractivity contribution in [3.8, 4) is 11.3 Å². The van der Waals surface area contributed by atoms with Crippen molar-refractivity contribution in [3.63, 3.8) is 0 Å². The first kappa shape index (κ1) is 14.0. The first-order valence-electron chi connectivity index (χ1n) is 7.18. The molecule has 0 atom stereocenters. The lowest BCUT2D eigenvalue weighted by Gasteiger charge is -2.18. The molecule has 0 radical (unpaired) electrons. The van der Waals surface area contributed by atoms with Gasteiger partial charge in [-0.05, 0) is 23.7 Å². The molecule has 0 spiro atoms. The summed E-state index contributed by atoms with van der Waals surface area (Å²) in [6.45, 7) is -0.232. The van der Waals surface area contributed by atoms with E-state index in [2.05, 4.69) is 9.69 Å². The predicted octanol–water partition coefficient (Wildman–Crippen LogP) is 2.83. The van der Waals surface area contributed by atoms with E-state index in [-0.39, 0.29) is 24.7 Å². The van der Waals surface area contributed by atoms with Gasteiger partial charge in [0.2, 0.25) is 5.91 Å². The highest BCUT2D eigenvalue weighted by atomic mass is 32.1. The standard InChI is InChI=1S/C17H12N2O3S/c20-8-7-13(21)18-11-5-1-3-9-14(11)17(22)10-4-2-6-12-15(10)16(9)19-23-12/h1-6,20H,7-8H2,(H,18,21). The molecule has 0 saturated carbocycles. The number of anilines is 1. The molecule has 114 valence electrons. The molecule has 0 bridgehead atoms. The molecule has 6 heteroatoms. The Morgan fingerprint density at radius 1 is 1.17 bits per heavy atom. The summed E-state index contributed by atoms with van der Waals surface area (Å²) in [6.07, 6.45) is -0.00457. The number of rotatable bonds is 3. The molecule has 1 aromatic heterocycles. The second-order valence-electron chi connectivity index (χ2n) is 5.29. The Labute approximate surface area is 135 Å². The van der Waals surface area contributed by atoms with Gasteiger partial charge in [-0.15, -0.1) is 0 Å². The molecule has 1 aliphatic rings. The highest BCUT2D eigenvalue weighted by Gasteiger charge is 2.29. The Hall–Kier alpha value is -2.57. The van der Waals surface area contributed by atoms with Gasteiger partial charge in [-0.25, -0.2) is 0 Å². The van der Waals surface area contributed by atoms with E-state index in [1.54, 1.807) is 18.2 Å². The van der Waals surface area contributed by atoms with Gasteiger partial charge in [-0.1, -0.05) is 24.3 Å².